The molecule has 7 nitrogen and oxygen atoms in total. The molecule has 0 saturated carbocycles. The lowest BCUT2D eigenvalue weighted by Crippen LogP contribution is -2.46. The summed E-state index contributed by atoms with van der Waals surface area (Å²) in [6.07, 6.45) is 4.91. The Morgan fingerprint density at radius 1 is 1.37 bits per heavy atom. The molecular weight excluding hydrogens is 391 g/mol. The fourth-order valence-electron chi connectivity index (χ4n) is 3.76. The zero-order valence-corrected chi connectivity index (χ0v) is 17.2. The van der Waals surface area contributed by atoms with Crippen LogP contribution in [0.3, 0.4) is 0 Å². The first-order chi connectivity index (χ1) is 12.5. The van der Waals surface area contributed by atoms with Crippen molar-refractivity contribution in [1.82, 2.24) is 20.7 Å². The molecule has 2 aliphatic rings. The molecule has 0 spiro atoms. The van der Waals surface area contributed by atoms with Crippen molar-refractivity contribution in [2.24, 2.45) is 5.92 Å². The van der Waals surface area contributed by atoms with Gasteiger partial charge in [0, 0.05) is 31.6 Å². The Hall–Kier alpha value is -1.31. The van der Waals surface area contributed by atoms with Gasteiger partial charge in [-0.25, -0.2) is 0 Å². The van der Waals surface area contributed by atoms with E-state index in [4.69, 9.17) is 16.1 Å². The normalized spacial score (nSPS) is 22.4. The summed E-state index contributed by atoms with van der Waals surface area (Å²) in [5, 5.41) is 10.3. The Labute approximate surface area is 170 Å². The van der Waals surface area contributed by atoms with Crippen molar-refractivity contribution in [2.45, 2.75) is 51.5 Å². The van der Waals surface area contributed by atoms with E-state index in [1.807, 2.05) is 11.8 Å². The first kappa shape index (κ1) is 22.0. The van der Waals surface area contributed by atoms with Gasteiger partial charge in [-0.05, 0) is 63.1 Å². The Balaban J connectivity index is 0.00000261. The molecule has 2 atom stereocenters. The molecule has 2 unspecified atom stereocenters. The van der Waals surface area contributed by atoms with E-state index in [1.54, 1.807) is 0 Å². The summed E-state index contributed by atoms with van der Waals surface area (Å²) < 4.78 is 4.93. The standard InChI is InChI=1S/C18H27ClN4O3.ClH/c1-12-14(17(19)26-22-12)6-7-16(24)23-9-3-4-13(11-23)10-21-18(25)15-5-2-8-20-15;/h13,15,20H,2-11H2,1H3,(H,21,25);1H. The van der Waals surface area contributed by atoms with Crippen LogP contribution < -0.4 is 10.6 Å². The Morgan fingerprint density at radius 3 is 2.85 bits per heavy atom. The number of nitrogens with zero attached hydrogens (tertiary/aromatic N) is 2. The number of aryl methyl sites for hydroxylation is 1. The number of rotatable bonds is 6. The summed E-state index contributed by atoms with van der Waals surface area (Å²) in [7, 11) is 0. The van der Waals surface area contributed by atoms with E-state index >= 15 is 0 Å². The van der Waals surface area contributed by atoms with E-state index in [-0.39, 0.29) is 35.5 Å². The second-order valence-electron chi connectivity index (χ2n) is 7.26. The summed E-state index contributed by atoms with van der Waals surface area (Å²) >= 11 is 5.96. The SMILES string of the molecule is Cc1noc(Cl)c1CCC(=O)N1CCCC(CNC(=O)C2CCCN2)C1.Cl. The van der Waals surface area contributed by atoms with Gasteiger partial charge in [0.05, 0.1) is 11.7 Å². The number of carbonyl (C=O) groups is 2. The Bertz CT molecular complexity index is 627. The summed E-state index contributed by atoms with van der Waals surface area (Å²) in [6, 6.07) is -0.0483. The topological polar surface area (TPSA) is 87.5 Å². The van der Waals surface area contributed by atoms with Crippen LogP contribution in [-0.2, 0) is 16.0 Å². The monoisotopic (exact) mass is 418 g/mol. The molecule has 2 N–H and O–H groups in total. The quantitative estimate of drug-likeness (QED) is 0.738. The summed E-state index contributed by atoms with van der Waals surface area (Å²) in [4.78, 5) is 26.6. The van der Waals surface area contributed by atoms with Gasteiger partial charge in [-0.15, -0.1) is 12.4 Å². The zero-order valence-electron chi connectivity index (χ0n) is 15.6. The summed E-state index contributed by atoms with van der Waals surface area (Å²) in [6.45, 7) is 4.86. The van der Waals surface area contributed by atoms with Gasteiger partial charge in [-0.2, -0.15) is 0 Å². The molecule has 0 bridgehead atoms. The average Bonchev–Trinajstić information content (AvgIpc) is 3.29. The molecule has 2 fully saturated rings. The van der Waals surface area contributed by atoms with Crippen LogP contribution in [0.2, 0.25) is 5.22 Å². The van der Waals surface area contributed by atoms with Gasteiger partial charge in [0.25, 0.3) is 0 Å². The lowest BCUT2D eigenvalue weighted by atomic mass is 9.97. The van der Waals surface area contributed by atoms with Crippen LogP contribution in [0.1, 0.15) is 43.4 Å². The number of hydrogen-bond acceptors (Lipinski definition) is 5. The fraction of sp³-hybridized carbons (Fsp3) is 0.722. The van der Waals surface area contributed by atoms with Gasteiger partial charge in [0.15, 0.2) is 0 Å². The minimum atomic E-state index is -0.0483. The first-order valence-electron chi connectivity index (χ1n) is 9.44. The molecule has 2 saturated heterocycles. The molecule has 1 aromatic heterocycles. The number of halogens is 2. The lowest BCUT2D eigenvalue weighted by molar-refractivity contribution is -0.132. The van der Waals surface area contributed by atoms with Crippen LogP contribution in [0, 0.1) is 12.8 Å². The van der Waals surface area contributed by atoms with Crippen LogP contribution in [0.25, 0.3) is 0 Å². The molecule has 0 radical (unpaired) electrons. The second kappa shape index (κ2) is 10.3. The van der Waals surface area contributed by atoms with E-state index in [0.717, 1.165) is 50.0 Å². The molecule has 3 rings (SSSR count). The van der Waals surface area contributed by atoms with Crippen LogP contribution in [0.4, 0.5) is 0 Å². The number of hydrogen-bond donors (Lipinski definition) is 2. The van der Waals surface area contributed by atoms with Crippen molar-refractivity contribution >= 4 is 35.8 Å². The molecule has 0 aliphatic carbocycles. The molecule has 2 amide bonds. The average molecular weight is 419 g/mol. The van der Waals surface area contributed by atoms with Crippen molar-refractivity contribution in [3.05, 3.63) is 16.5 Å². The van der Waals surface area contributed by atoms with Gasteiger partial charge in [0.2, 0.25) is 17.0 Å². The maximum atomic E-state index is 12.5. The van der Waals surface area contributed by atoms with E-state index in [1.165, 1.54) is 0 Å². The van der Waals surface area contributed by atoms with Crippen molar-refractivity contribution in [2.75, 3.05) is 26.2 Å². The molecule has 0 aromatic carbocycles. The number of amides is 2. The smallest absolute Gasteiger partial charge is 0.237 e. The van der Waals surface area contributed by atoms with Gasteiger partial charge in [-0.1, -0.05) is 5.16 Å². The van der Waals surface area contributed by atoms with Crippen molar-refractivity contribution in [1.29, 1.82) is 0 Å². The minimum Gasteiger partial charge on any atom is -0.354 e. The van der Waals surface area contributed by atoms with Gasteiger partial charge in [-0.3, -0.25) is 9.59 Å². The molecule has 27 heavy (non-hydrogen) atoms. The number of carbonyl (C=O) groups excluding carboxylic acids is 2. The first-order valence-corrected chi connectivity index (χ1v) is 9.82. The van der Waals surface area contributed by atoms with E-state index in [9.17, 15) is 9.59 Å². The molecule has 2 aliphatic heterocycles. The predicted octanol–water partition coefficient (Wildman–Crippen LogP) is 2.10. The van der Waals surface area contributed by atoms with Crippen LogP contribution in [0.15, 0.2) is 4.52 Å². The minimum absolute atomic E-state index is 0. The Kier molecular flexibility index (Phi) is 8.38. The summed E-state index contributed by atoms with van der Waals surface area (Å²) in [5.74, 6) is 0.526. The highest BCUT2D eigenvalue weighted by Gasteiger charge is 2.26. The fourth-order valence-corrected chi connectivity index (χ4v) is 4.03. The van der Waals surface area contributed by atoms with Gasteiger partial charge < -0.3 is 20.1 Å². The van der Waals surface area contributed by atoms with Gasteiger partial charge in [0.1, 0.15) is 0 Å². The van der Waals surface area contributed by atoms with E-state index in [2.05, 4.69) is 15.8 Å². The second-order valence-corrected chi connectivity index (χ2v) is 7.61. The van der Waals surface area contributed by atoms with Crippen LogP contribution >= 0.6 is 24.0 Å². The maximum Gasteiger partial charge on any atom is 0.237 e. The molecule has 152 valence electrons. The van der Waals surface area contributed by atoms with Crippen molar-refractivity contribution < 1.29 is 14.1 Å². The molecule has 1 aromatic rings. The third-order valence-corrected chi connectivity index (χ3v) is 5.64. The van der Waals surface area contributed by atoms with Crippen molar-refractivity contribution in [3.8, 4) is 0 Å². The lowest BCUT2D eigenvalue weighted by Gasteiger charge is -2.33. The third-order valence-electron chi connectivity index (χ3n) is 5.34. The number of piperidine rings is 1. The third kappa shape index (κ3) is 5.83. The van der Waals surface area contributed by atoms with E-state index < -0.39 is 0 Å². The molecular formula is C18H28Cl2N4O3. The number of nitrogens with one attached hydrogen (secondary N) is 2. The highest BCUT2D eigenvalue weighted by molar-refractivity contribution is 6.29. The van der Waals surface area contributed by atoms with E-state index in [0.29, 0.717) is 31.8 Å². The number of aromatic nitrogens is 1. The molecule has 9 heteroatoms. The largest absolute Gasteiger partial charge is 0.354 e. The molecule has 3 heterocycles. The summed E-state index contributed by atoms with van der Waals surface area (Å²) in [5.41, 5.74) is 1.55. The number of likely N-dealkylation sites (tertiary alicyclic amines) is 1. The van der Waals surface area contributed by atoms with Crippen molar-refractivity contribution in [3.63, 3.8) is 0 Å². The van der Waals surface area contributed by atoms with Crippen LogP contribution in [0.5, 0.6) is 0 Å². The highest BCUT2D eigenvalue weighted by atomic mass is 35.5. The van der Waals surface area contributed by atoms with Gasteiger partial charge >= 0.3 is 0 Å². The maximum absolute atomic E-state index is 12.5. The Morgan fingerprint density at radius 2 is 2.19 bits per heavy atom. The zero-order chi connectivity index (χ0) is 18.5. The highest BCUT2D eigenvalue weighted by Crippen LogP contribution is 2.22. The predicted molar refractivity (Wildman–Crippen MR) is 105 cm³/mol. The van der Waals surface area contributed by atoms with Crippen LogP contribution in [-0.4, -0.2) is 54.1 Å².